The van der Waals surface area contributed by atoms with Crippen molar-refractivity contribution >= 4 is 27.6 Å². The minimum atomic E-state index is -3.15. The highest BCUT2D eigenvalue weighted by Gasteiger charge is 2.11. The lowest BCUT2D eigenvalue weighted by molar-refractivity contribution is -0.127. The molecule has 23 heavy (non-hydrogen) atoms. The van der Waals surface area contributed by atoms with Crippen molar-refractivity contribution in [3.8, 4) is 0 Å². The Morgan fingerprint density at radius 2 is 1.70 bits per heavy atom. The summed E-state index contributed by atoms with van der Waals surface area (Å²) in [7, 11) is -1.72. The molecule has 8 nitrogen and oxygen atoms in total. The topological polar surface area (TPSA) is 119 Å². The minimum absolute atomic E-state index is 0.121. The molecule has 1 aromatic carbocycles. The van der Waals surface area contributed by atoms with Gasteiger partial charge in [0.2, 0.25) is 5.91 Å². The smallest absolute Gasteiger partial charge is 0.338 e. The second kappa shape index (κ2) is 8.28. The van der Waals surface area contributed by atoms with E-state index in [-0.39, 0.29) is 23.8 Å². The van der Waals surface area contributed by atoms with Crippen molar-refractivity contribution in [2.24, 2.45) is 0 Å². The first kappa shape index (κ1) is 18.6. The molecule has 0 bridgehead atoms. The molecular formula is C14H18N2O6S. The van der Waals surface area contributed by atoms with E-state index in [1.807, 2.05) is 0 Å². The molecule has 0 heterocycles. The fourth-order valence-corrected chi connectivity index (χ4v) is 2.37. The highest BCUT2D eigenvalue weighted by atomic mass is 32.2. The van der Waals surface area contributed by atoms with E-state index in [9.17, 15) is 22.8 Å². The third-order valence-electron chi connectivity index (χ3n) is 2.68. The van der Waals surface area contributed by atoms with Crippen LogP contribution >= 0.6 is 0 Å². The summed E-state index contributed by atoms with van der Waals surface area (Å²) in [5, 5.41) is 4.61. The third-order valence-corrected chi connectivity index (χ3v) is 3.54. The molecule has 0 radical (unpaired) electrons. The maximum Gasteiger partial charge on any atom is 0.338 e. The summed E-state index contributed by atoms with van der Waals surface area (Å²) in [5.74, 6) is -1.81. The summed E-state index contributed by atoms with van der Waals surface area (Å²) < 4.78 is 27.1. The first-order valence-corrected chi connectivity index (χ1v) is 8.68. The van der Waals surface area contributed by atoms with E-state index in [0.29, 0.717) is 5.56 Å². The Labute approximate surface area is 134 Å². The molecule has 0 aliphatic rings. The fourth-order valence-electron chi connectivity index (χ4n) is 1.57. The Morgan fingerprint density at radius 3 is 2.22 bits per heavy atom. The number of hydrogen-bond acceptors (Lipinski definition) is 6. The molecule has 9 heteroatoms. The average molecular weight is 342 g/mol. The molecule has 0 aromatic heterocycles. The van der Waals surface area contributed by atoms with Crippen molar-refractivity contribution in [3.05, 3.63) is 35.4 Å². The van der Waals surface area contributed by atoms with E-state index < -0.39 is 28.3 Å². The number of rotatable bonds is 7. The van der Waals surface area contributed by atoms with Crippen LogP contribution in [0.2, 0.25) is 0 Å². The number of likely N-dealkylation sites (N-methyl/N-ethyl adjacent to an activating group) is 1. The highest BCUT2D eigenvalue weighted by molar-refractivity contribution is 7.89. The largest absolute Gasteiger partial charge is 0.452 e. The van der Waals surface area contributed by atoms with Crippen molar-refractivity contribution in [3.63, 3.8) is 0 Å². The number of carbonyl (C=O) groups excluding carboxylic acids is 3. The zero-order chi connectivity index (χ0) is 17.5. The summed E-state index contributed by atoms with van der Waals surface area (Å²) in [6.45, 7) is -0.714. The van der Waals surface area contributed by atoms with Gasteiger partial charge in [-0.3, -0.25) is 9.59 Å². The number of benzene rings is 1. The summed E-state index contributed by atoms with van der Waals surface area (Å²) in [6.07, 6.45) is 1.12. The Bertz CT molecular complexity index is 682. The van der Waals surface area contributed by atoms with Crippen LogP contribution in [-0.2, 0) is 29.9 Å². The molecule has 126 valence electrons. The number of sulfone groups is 1. The van der Waals surface area contributed by atoms with Crippen LogP contribution in [-0.4, -0.2) is 52.7 Å². The molecule has 2 amide bonds. The van der Waals surface area contributed by atoms with Crippen molar-refractivity contribution in [1.29, 1.82) is 0 Å². The van der Waals surface area contributed by atoms with Crippen molar-refractivity contribution in [1.82, 2.24) is 10.6 Å². The Kier molecular flexibility index (Phi) is 6.70. The maximum atomic E-state index is 11.7. The van der Waals surface area contributed by atoms with E-state index >= 15 is 0 Å². The van der Waals surface area contributed by atoms with E-state index in [0.717, 1.165) is 6.26 Å². The summed E-state index contributed by atoms with van der Waals surface area (Å²) >= 11 is 0. The van der Waals surface area contributed by atoms with Crippen LogP contribution in [0.5, 0.6) is 0 Å². The van der Waals surface area contributed by atoms with Gasteiger partial charge in [0.1, 0.15) is 0 Å². The predicted molar refractivity (Wildman–Crippen MR) is 82.3 cm³/mol. The standard InChI is InChI=1S/C14H18N2O6S/c1-15-12(17)7-16-13(18)8-22-14(19)11-5-3-10(4-6-11)9-23(2,20)21/h3-6H,7-9H2,1-2H3,(H,15,17)(H,16,18). The lowest BCUT2D eigenvalue weighted by Crippen LogP contribution is -2.37. The molecule has 0 fully saturated rings. The molecule has 2 N–H and O–H groups in total. The molecule has 0 spiro atoms. The second-order valence-corrected chi connectivity index (χ2v) is 6.93. The second-order valence-electron chi connectivity index (χ2n) is 4.79. The first-order valence-electron chi connectivity index (χ1n) is 6.62. The van der Waals surface area contributed by atoms with Gasteiger partial charge in [0.05, 0.1) is 17.9 Å². The van der Waals surface area contributed by atoms with Gasteiger partial charge < -0.3 is 15.4 Å². The minimum Gasteiger partial charge on any atom is -0.452 e. The van der Waals surface area contributed by atoms with E-state index in [1.54, 1.807) is 0 Å². The zero-order valence-corrected chi connectivity index (χ0v) is 13.6. The summed E-state index contributed by atoms with van der Waals surface area (Å²) in [5.41, 5.74) is 0.744. The predicted octanol–water partition coefficient (Wildman–Crippen LogP) is -0.750. The van der Waals surface area contributed by atoms with Crippen molar-refractivity contribution in [2.75, 3.05) is 26.5 Å². The van der Waals surface area contributed by atoms with Crippen LogP contribution in [0, 0.1) is 0 Å². The summed E-state index contributed by atoms with van der Waals surface area (Å²) in [6, 6.07) is 5.85. The Balaban J connectivity index is 2.49. The number of hydrogen-bond donors (Lipinski definition) is 2. The van der Waals surface area contributed by atoms with Crippen molar-refractivity contribution in [2.45, 2.75) is 5.75 Å². The van der Waals surface area contributed by atoms with Gasteiger partial charge in [0.25, 0.3) is 5.91 Å². The van der Waals surface area contributed by atoms with E-state index in [4.69, 9.17) is 4.74 Å². The van der Waals surface area contributed by atoms with E-state index in [1.165, 1.54) is 31.3 Å². The van der Waals surface area contributed by atoms with Gasteiger partial charge in [-0.05, 0) is 17.7 Å². The number of amides is 2. The third kappa shape index (κ3) is 7.41. The maximum absolute atomic E-state index is 11.7. The molecule has 0 saturated heterocycles. The average Bonchev–Trinajstić information content (AvgIpc) is 2.49. The number of esters is 1. The molecule has 0 saturated carbocycles. The first-order chi connectivity index (χ1) is 10.7. The van der Waals surface area contributed by atoms with Gasteiger partial charge in [0, 0.05) is 13.3 Å². The fraction of sp³-hybridized carbons (Fsp3) is 0.357. The van der Waals surface area contributed by atoms with Crippen LogP contribution in [0.1, 0.15) is 15.9 Å². The van der Waals surface area contributed by atoms with Gasteiger partial charge in [0.15, 0.2) is 16.4 Å². The zero-order valence-electron chi connectivity index (χ0n) is 12.8. The molecule has 1 rings (SSSR count). The SMILES string of the molecule is CNC(=O)CNC(=O)COC(=O)c1ccc(CS(C)(=O)=O)cc1. The van der Waals surface area contributed by atoms with Gasteiger partial charge >= 0.3 is 5.97 Å². The molecular weight excluding hydrogens is 324 g/mol. The van der Waals surface area contributed by atoms with Gasteiger partial charge in [-0.25, -0.2) is 13.2 Å². The molecule has 0 aliphatic carbocycles. The Hall–Kier alpha value is -2.42. The van der Waals surface area contributed by atoms with Gasteiger partial charge in [-0.1, -0.05) is 12.1 Å². The van der Waals surface area contributed by atoms with Gasteiger partial charge in [-0.15, -0.1) is 0 Å². The molecule has 0 atom stereocenters. The number of nitrogens with one attached hydrogen (secondary N) is 2. The Morgan fingerprint density at radius 1 is 1.09 bits per heavy atom. The lowest BCUT2D eigenvalue weighted by atomic mass is 10.1. The van der Waals surface area contributed by atoms with Gasteiger partial charge in [-0.2, -0.15) is 0 Å². The lowest BCUT2D eigenvalue weighted by Gasteiger charge is -2.06. The number of ether oxygens (including phenoxy) is 1. The normalized spacial score (nSPS) is 10.7. The van der Waals surface area contributed by atoms with Crippen LogP contribution in [0.3, 0.4) is 0 Å². The van der Waals surface area contributed by atoms with Crippen LogP contribution in [0.25, 0.3) is 0 Å². The monoisotopic (exact) mass is 342 g/mol. The number of carbonyl (C=O) groups is 3. The van der Waals surface area contributed by atoms with Crippen LogP contribution in [0.15, 0.2) is 24.3 Å². The van der Waals surface area contributed by atoms with E-state index in [2.05, 4.69) is 10.6 Å². The quantitative estimate of drug-likeness (QED) is 0.630. The van der Waals surface area contributed by atoms with Crippen LogP contribution in [0.4, 0.5) is 0 Å². The molecule has 0 unspecified atom stereocenters. The van der Waals surface area contributed by atoms with Crippen molar-refractivity contribution < 1.29 is 27.5 Å². The molecule has 1 aromatic rings. The highest BCUT2D eigenvalue weighted by Crippen LogP contribution is 2.09. The summed E-state index contributed by atoms with van der Waals surface area (Å²) in [4.78, 5) is 34.0. The van der Waals surface area contributed by atoms with Crippen LogP contribution < -0.4 is 10.6 Å². The molecule has 0 aliphatic heterocycles.